The Morgan fingerprint density at radius 3 is 3.19 bits per heavy atom. The zero-order chi connectivity index (χ0) is 11.0. The largest absolute Gasteiger partial charge is 0.332 e. The summed E-state index contributed by atoms with van der Waals surface area (Å²) in [7, 11) is 2.12. The number of nitrogens with one attached hydrogen (secondary N) is 1. The first-order chi connectivity index (χ1) is 7.86. The number of aryl methyl sites for hydroxylation is 1. The third-order valence-electron chi connectivity index (χ3n) is 3.54. The third-order valence-corrected chi connectivity index (χ3v) is 3.54. The summed E-state index contributed by atoms with van der Waals surface area (Å²) in [5, 5.41) is 4.73. The van der Waals surface area contributed by atoms with Gasteiger partial charge in [-0.3, -0.25) is 0 Å². The molecule has 1 N–H and O–H groups in total. The molecule has 0 spiro atoms. The van der Waals surface area contributed by atoms with Gasteiger partial charge in [-0.1, -0.05) is 0 Å². The van der Waals surface area contributed by atoms with Gasteiger partial charge in [0.25, 0.3) is 0 Å². The highest BCUT2D eigenvalue weighted by molar-refractivity contribution is 5.77. The Morgan fingerprint density at radius 2 is 2.44 bits per heavy atom. The van der Waals surface area contributed by atoms with Gasteiger partial charge in [-0.15, -0.1) is 0 Å². The molecule has 0 saturated carbocycles. The van der Waals surface area contributed by atoms with E-state index in [9.17, 15) is 0 Å². The Morgan fingerprint density at radius 1 is 1.50 bits per heavy atom. The Balaban J connectivity index is 2.05. The molecule has 3 heteroatoms. The highest BCUT2D eigenvalue weighted by atomic mass is 15.0. The summed E-state index contributed by atoms with van der Waals surface area (Å²) in [6, 6.07) is 6.44. The van der Waals surface area contributed by atoms with Crippen LogP contribution >= 0.6 is 0 Å². The van der Waals surface area contributed by atoms with Crippen molar-refractivity contribution in [1.82, 2.24) is 14.9 Å². The SMILES string of the molecule is Cn1c(C2CCCNC2)cc2cccnc21. The molecule has 2 aromatic rings. The van der Waals surface area contributed by atoms with E-state index in [0.29, 0.717) is 5.92 Å². The first-order valence-electron chi connectivity index (χ1n) is 5.97. The predicted octanol–water partition coefficient (Wildman–Crippen LogP) is 2.04. The van der Waals surface area contributed by atoms with Gasteiger partial charge in [0.15, 0.2) is 0 Å². The highest BCUT2D eigenvalue weighted by Gasteiger charge is 2.19. The first kappa shape index (κ1) is 9.85. The summed E-state index contributed by atoms with van der Waals surface area (Å²) in [5.41, 5.74) is 2.52. The van der Waals surface area contributed by atoms with Crippen LogP contribution in [-0.2, 0) is 7.05 Å². The van der Waals surface area contributed by atoms with E-state index in [1.165, 1.54) is 30.5 Å². The van der Waals surface area contributed by atoms with Crippen LogP contribution in [0.25, 0.3) is 11.0 Å². The molecule has 1 unspecified atom stereocenters. The van der Waals surface area contributed by atoms with Crippen LogP contribution in [0.4, 0.5) is 0 Å². The van der Waals surface area contributed by atoms with Gasteiger partial charge < -0.3 is 9.88 Å². The zero-order valence-electron chi connectivity index (χ0n) is 9.61. The number of fused-ring (bicyclic) bond motifs is 1. The fraction of sp³-hybridized carbons (Fsp3) is 0.462. The Bertz CT molecular complexity index is 495. The normalized spacial score (nSPS) is 21.4. The molecule has 0 aliphatic carbocycles. The molecule has 0 amide bonds. The van der Waals surface area contributed by atoms with Crippen LogP contribution in [0, 0.1) is 0 Å². The number of nitrogens with zero attached hydrogens (tertiary/aromatic N) is 2. The number of piperidine rings is 1. The molecule has 0 bridgehead atoms. The minimum atomic E-state index is 0.646. The molecular weight excluding hydrogens is 198 g/mol. The van der Waals surface area contributed by atoms with Gasteiger partial charge in [0.1, 0.15) is 5.65 Å². The maximum Gasteiger partial charge on any atom is 0.139 e. The lowest BCUT2D eigenvalue weighted by molar-refractivity contribution is 0.448. The molecule has 0 aromatic carbocycles. The van der Waals surface area contributed by atoms with E-state index in [1.807, 2.05) is 12.3 Å². The molecule has 1 aliphatic heterocycles. The molecule has 3 heterocycles. The van der Waals surface area contributed by atoms with Crippen molar-refractivity contribution in [3.8, 4) is 0 Å². The van der Waals surface area contributed by atoms with Crippen molar-refractivity contribution in [2.45, 2.75) is 18.8 Å². The average Bonchev–Trinajstić information content (AvgIpc) is 2.69. The van der Waals surface area contributed by atoms with Gasteiger partial charge in [-0.25, -0.2) is 4.98 Å². The molecule has 1 fully saturated rings. The maximum atomic E-state index is 4.44. The van der Waals surface area contributed by atoms with Crippen LogP contribution in [0.1, 0.15) is 24.5 Å². The summed E-state index contributed by atoms with van der Waals surface area (Å²) in [5.74, 6) is 0.646. The Labute approximate surface area is 95.5 Å². The van der Waals surface area contributed by atoms with Crippen LogP contribution in [0.15, 0.2) is 24.4 Å². The lowest BCUT2D eigenvalue weighted by Crippen LogP contribution is -2.29. The van der Waals surface area contributed by atoms with Gasteiger partial charge in [0.2, 0.25) is 0 Å². The molecule has 3 rings (SSSR count). The van der Waals surface area contributed by atoms with E-state index in [-0.39, 0.29) is 0 Å². The number of rotatable bonds is 1. The Kier molecular flexibility index (Phi) is 2.40. The molecule has 84 valence electrons. The van der Waals surface area contributed by atoms with E-state index >= 15 is 0 Å². The summed E-state index contributed by atoms with van der Waals surface area (Å²) in [6.07, 6.45) is 4.43. The van der Waals surface area contributed by atoms with E-state index in [2.05, 4.69) is 34.0 Å². The second kappa shape index (κ2) is 3.91. The molecule has 1 atom stereocenters. The minimum Gasteiger partial charge on any atom is -0.332 e. The van der Waals surface area contributed by atoms with Crippen molar-refractivity contribution < 1.29 is 0 Å². The second-order valence-corrected chi connectivity index (χ2v) is 4.59. The van der Waals surface area contributed by atoms with Crippen LogP contribution in [0.3, 0.4) is 0 Å². The van der Waals surface area contributed by atoms with Crippen molar-refractivity contribution >= 4 is 11.0 Å². The number of aromatic nitrogens is 2. The van der Waals surface area contributed by atoms with Gasteiger partial charge in [-0.2, -0.15) is 0 Å². The number of hydrogen-bond acceptors (Lipinski definition) is 2. The smallest absolute Gasteiger partial charge is 0.139 e. The number of pyridine rings is 1. The standard InChI is InChI=1S/C13H17N3/c1-16-12(11-5-2-6-14-9-11)8-10-4-3-7-15-13(10)16/h3-4,7-8,11,14H,2,5-6,9H2,1H3. The Hall–Kier alpha value is -1.35. The maximum absolute atomic E-state index is 4.44. The summed E-state index contributed by atoms with van der Waals surface area (Å²) >= 11 is 0. The van der Waals surface area contributed by atoms with Crippen molar-refractivity contribution in [2.75, 3.05) is 13.1 Å². The molecule has 0 radical (unpaired) electrons. The van der Waals surface area contributed by atoms with Crippen LogP contribution in [-0.4, -0.2) is 22.6 Å². The summed E-state index contributed by atoms with van der Waals surface area (Å²) < 4.78 is 2.24. The van der Waals surface area contributed by atoms with Crippen molar-refractivity contribution in [1.29, 1.82) is 0 Å². The second-order valence-electron chi connectivity index (χ2n) is 4.59. The number of hydrogen-bond donors (Lipinski definition) is 1. The molecule has 16 heavy (non-hydrogen) atoms. The lowest BCUT2D eigenvalue weighted by Gasteiger charge is -2.23. The molecule has 3 nitrogen and oxygen atoms in total. The van der Waals surface area contributed by atoms with Crippen LogP contribution in [0.2, 0.25) is 0 Å². The topological polar surface area (TPSA) is 29.9 Å². The van der Waals surface area contributed by atoms with E-state index in [4.69, 9.17) is 0 Å². The molecule has 1 saturated heterocycles. The summed E-state index contributed by atoms with van der Waals surface area (Å²) in [4.78, 5) is 4.44. The third kappa shape index (κ3) is 1.52. The highest BCUT2D eigenvalue weighted by Crippen LogP contribution is 2.27. The fourth-order valence-electron chi connectivity index (χ4n) is 2.68. The minimum absolute atomic E-state index is 0.646. The predicted molar refractivity (Wildman–Crippen MR) is 65.6 cm³/mol. The lowest BCUT2D eigenvalue weighted by atomic mass is 9.96. The van der Waals surface area contributed by atoms with Crippen molar-refractivity contribution in [3.63, 3.8) is 0 Å². The quantitative estimate of drug-likeness (QED) is 0.789. The molecule has 1 aliphatic rings. The van der Waals surface area contributed by atoms with Gasteiger partial charge >= 0.3 is 0 Å². The van der Waals surface area contributed by atoms with Crippen molar-refractivity contribution in [2.24, 2.45) is 7.05 Å². The van der Waals surface area contributed by atoms with Crippen LogP contribution < -0.4 is 5.32 Å². The van der Waals surface area contributed by atoms with E-state index < -0.39 is 0 Å². The monoisotopic (exact) mass is 215 g/mol. The average molecular weight is 215 g/mol. The van der Waals surface area contributed by atoms with Gasteiger partial charge in [-0.05, 0) is 37.6 Å². The fourth-order valence-corrected chi connectivity index (χ4v) is 2.68. The van der Waals surface area contributed by atoms with E-state index in [1.54, 1.807) is 0 Å². The first-order valence-corrected chi connectivity index (χ1v) is 5.97. The molecular formula is C13H17N3. The van der Waals surface area contributed by atoms with E-state index in [0.717, 1.165) is 12.2 Å². The van der Waals surface area contributed by atoms with Gasteiger partial charge in [0, 0.05) is 36.8 Å². The molecule has 2 aromatic heterocycles. The summed E-state index contributed by atoms with van der Waals surface area (Å²) in [6.45, 7) is 2.27. The zero-order valence-corrected chi connectivity index (χ0v) is 9.61. The van der Waals surface area contributed by atoms with Crippen LogP contribution in [0.5, 0.6) is 0 Å². The van der Waals surface area contributed by atoms with Gasteiger partial charge in [0.05, 0.1) is 0 Å². The van der Waals surface area contributed by atoms with Crippen molar-refractivity contribution in [3.05, 3.63) is 30.1 Å².